The number of aryl methyl sites for hydroxylation is 1. The lowest BCUT2D eigenvalue weighted by Crippen LogP contribution is -2.32. The molecule has 0 fully saturated rings. The number of para-hydroxylation sites is 1. The van der Waals surface area contributed by atoms with E-state index in [2.05, 4.69) is 20.2 Å². The van der Waals surface area contributed by atoms with Crippen molar-refractivity contribution in [1.29, 1.82) is 0 Å². The predicted octanol–water partition coefficient (Wildman–Crippen LogP) is 3.00. The highest BCUT2D eigenvalue weighted by Crippen LogP contribution is 2.35. The Bertz CT molecular complexity index is 1340. The normalized spacial score (nSPS) is 15.1. The van der Waals surface area contributed by atoms with Crippen LogP contribution in [0.5, 0.6) is 11.5 Å². The molecule has 2 heterocycles. The van der Waals surface area contributed by atoms with Crippen molar-refractivity contribution >= 4 is 9.84 Å². The Labute approximate surface area is 215 Å². The second-order valence-electron chi connectivity index (χ2n) is 8.40. The van der Waals surface area contributed by atoms with Gasteiger partial charge in [-0.2, -0.15) is 0 Å². The molecular formula is C24H33N5O6S. The fourth-order valence-corrected chi connectivity index (χ4v) is 5.01. The Kier molecular flexibility index (Phi) is 7.62. The lowest BCUT2D eigenvalue weighted by molar-refractivity contribution is 0.00141. The SMILES string of the molecule is [2H]C([2H])([2H])OCc1nnc(CS(=O)(=O)[C@@H](C)[C@@H](OC(C)C)c2ncc(C)cn2)n1-c1c(OC)cccc1OC. The minimum atomic E-state index is -3.98. The number of nitrogens with zero attached hydrogens (tertiary/aromatic N) is 5. The maximum absolute atomic E-state index is 13.8. The number of sulfone groups is 1. The Balaban J connectivity index is 2.09. The summed E-state index contributed by atoms with van der Waals surface area (Å²) in [5, 5.41) is 7.09. The van der Waals surface area contributed by atoms with Gasteiger partial charge in [-0.05, 0) is 45.4 Å². The third kappa shape index (κ3) is 6.00. The zero-order chi connectivity index (χ0) is 29.0. The molecule has 0 bridgehead atoms. The second kappa shape index (κ2) is 11.8. The van der Waals surface area contributed by atoms with Gasteiger partial charge in [-0.25, -0.2) is 18.4 Å². The van der Waals surface area contributed by atoms with Crippen LogP contribution in [0.2, 0.25) is 0 Å². The molecule has 0 unspecified atom stereocenters. The molecule has 0 saturated heterocycles. The van der Waals surface area contributed by atoms with Crippen LogP contribution >= 0.6 is 0 Å². The first-order chi connectivity index (χ1) is 18.3. The molecule has 2 atom stereocenters. The van der Waals surface area contributed by atoms with Gasteiger partial charge in [-0.15, -0.1) is 10.2 Å². The topological polar surface area (TPSA) is 128 Å². The van der Waals surface area contributed by atoms with E-state index in [0.717, 1.165) is 5.56 Å². The summed E-state index contributed by atoms with van der Waals surface area (Å²) in [7, 11) is -3.81. The van der Waals surface area contributed by atoms with Crippen LogP contribution in [0.25, 0.3) is 5.69 Å². The van der Waals surface area contributed by atoms with E-state index in [1.165, 1.54) is 25.7 Å². The quantitative estimate of drug-likeness (QED) is 0.350. The molecule has 0 saturated carbocycles. The molecule has 3 aromatic rings. The Hall–Kier alpha value is -3.09. The molecule has 0 radical (unpaired) electrons. The molecule has 0 aliphatic rings. The van der Waals surface area contributed by atoms with E-state index in [1.54, 1.807) is 44.4 Å². The number of hydrogen-bond acceptors (Lipinski definition) is 10. The average Bonchev–Trinajstić information content (AvgIpc) is 3.26. The molecule has 196 valence electrons. The maximum Gasteiger partial charge on any atom is 0.163 e. The van der Waals surface area contributed by atoms with Gasteiger partial charge in [-0.1, -0.05) is 6.07 Å². The fourth-order valence-electron chi connectivity index (χ4n) is 3.64. The number of methoxy groups -OCH3 is 3. The highest BCUT2D eigenvalue weighted by Gasteiger charge is 2.36. The molecule has 36 heavy (non-hydrogen) atoms. The standard InChI is InChI=1S/C24H33N5O6S/c1-15(2)35-23(24-25-11-16(3)12-26-24)17(4)36(30,31)14-21-28-27-20(13-32-5)29(21)22-18(33-6)9-8-10-19(22)34-7/h8-12,15,17,23H,13-14H2,1-7H3/t17-,23+/m0/s1/i5D3. The monoisotopic (exact) mass is 522 g/mol. The van der Waals surface area contributed by atoms with Gasteiger partial charge in [0.2, 0.25) is 0 Å². The molecule has 1 aromatic carbocycles. The number of rotatable bonds is 12. The third-order valence-corrected chi connectivity index (χ3v) is 7.46. The van der Waals surface area contributed by atoms with Crippen LogP contribution < -0.4 is 9.47 Å². The van der Waals surface area contributed by atoms with Crippen LogP contribution in [0.1, 0.15) is 54.0 Å². The Morgan fingerprint density at radius 2 is 1.64 bits per heavy atom. The van der Waals surface area contributed by atoms with Crippen molar-refractivity contribution in [1.82, 2.24) is 24.7 Å². The summed E-state index contributed by atoms with van der Waals surface area (Å²) in [5.41, 5.74) is 1.12. The molecule has 11 nitrogen and oxygen atoms in total. The summed E-state index contributed by atoms with van der Waals surface area (Å²) in [4.78, 5) is 8.60. The van der Waals surface area contributed by atoms with E-state index in [9.17, 15) is 8.42 Å². The summed E-state index contributed by atoms with van der Waals surface area (Å²) >= 11 is 0. The Morgan fingerprint density at radius 1 is 1.03 bits per heavy atom. The predicted molar refractivity (Wildman–Crippen MR) is 133 cm³/mol. The molecule has 2 aromatic heterocycles. The minimum Gasteiger partial charge on any atom is -0.494 e. The largest absolute Gasteiger partial charge is 0.494 e. The lowest BCUT2D eigenvalue weighted by Gasteiger charge is -2.25. The Morgan fingerprint density at radius 3 is 2.19 bits per heavy atom. The van der Waals surface area contributed by atoms with Crippen molar-refractivity contribution in [3.8, 4) is 17.2 Å². The number of ether oxygens (including phenoxy) is 4. The first-order valence-electron chi connectivity index (χ1n) is 12.7. The van der Waals surface area contributed by atoms with Crippen molar-refractivity contribution in [2.75, 3.05) is 21.3 Å². The minimum absolute atomic E-state index is 0.00177. The van der Waals surface area contributed by atoms with E-state index >= 15 is 0 Å². The van der Waals surface area contributed by atoms with Crippen LogP contribution in [0.15, 0.2) is 30.6 Å². The van der Waals surface area contributed by atoms with Gasteiger partial charge in [0.1, 0.15) is 35.7 Å². The molecule has 0 spiro atoms. The van der Waals surface area contributed by atoms with Gasteiger partial charge >= 0.3 is 0 Å². The van der Waals surface area contributed by atoms with E-state index in [4.69, 9.17) is 23.1 Å². The van der Waals surface area contributed by atoms with E-state index in [-0.39, 0.29) is 23.6 Å². The molecule has 0 aliphatic heterocycles. The fraction of sp³-hybridized carbons (Fsp3) is 0.500. The molecular weight excluding hydrogens is 486 g/mol. The lowest BCUT2D eigenvalue weighted by atomic mass is 10.2. The van der Waals surface area contributed by atoms with Gasteiger partial charge in [-0.3, -0.25) is 4.57 Å². The molecule has 0 aliphatic carbocycles. The van der Waals surface area contributed by atoms with Gasteiger partial charge in [0.15, 0.2) is 27.3 Å². The van der Waals surface area contributed by atoms with Crippen molar-refractivity contribution in [3.63, 3.8) is 0 Å². The van der Waals surface area contributed by atoms with Crippen LogP contribution in [0.4, 0.5) is 0 Å². The number of aromatic nitrogens is 5. The van der Waals surface area contributed by atoms with Crippen LogP contribution in [-0.4, -0.2) is 65.8 Å². The molecule has 0 N–H and O–H groups in total. The first kappa shape index (κ1) is 23.3. The summed E-state index contributed by atoms with van der Waals surface area (Å²) in [6, 6.07) is 4.99. The van der Waals surface area contributed by atoms with Crippen molar-refractivity contribution < 1.29 is 31.5 Å². The maximum atomic E-state index is 13.8. The molecule has 12 heteroatoms. The van der Waals surface area contributed by atoms with Gasteiger partial charge in [0.25, 0.3) is 0 Å². The van der Waals surface area contributed by atoms with Crippen molar-refractivity contribution in [3.05, 3.63) is 53.6 Å². The second-order valence-corrected chi connectivity index (χ2v) is 10.8. The smallest absolute Gasteiger partial charge is 0.163 e. The first-order valence-corrected chi connectivity index (χ1v) is 12.9. The van der Waals surface area contributed by atoms with Crippen molar-refractivity contribution in [2.45, 2.75) is 57.5 Å². The highest BCUT2D eigenvalue weighted by atomic mass is 32.2. The zero-order valence-corrected chi connectivity index (χ0v) is 21.9. The highest BCUT2D eigenvalue weighted by molar-refractivity contribution is 7.91. The van der Waals surface area contributed by atoms with Gasteiger partial charge in [0.05, 0.1) is 29.7 Å². The number of hydrogen-bond donors (Lipinski definition) is 0. The molecule has 0 amide bonds. The van der Waals surface area contributed by atoms with Crippen molar-refractivity contribution in [2.24, 2.45) is 0 Å². The van der Waals surface area contributed by atoms with E-state index in [1.807, 2.05) is 6.92 Å². The average molecular weight is 523 g/mol. The summed E-state index contributed by atoms with van der Waals surface area (Å²) in [6.07, 6.45) is 1.94. The van der Waals surface area contributed by atoms with E-state index < -0.39 is 40.6 Å². The summed E-state index contributed by atoms with van der Waals surface area (Å²) in [5.74, 6) is 0.366. The van der Waals surface area contributed by atoms with Crippen LogP contribution in [-0.2, 0) is 31.7 Å². The van der Waals surface area contributed by atoms with Crippen LogP contribution in [0.3, 0.4) is 0 Å². The van der Waals surface area contributed by atoms with Crippen LogP contribution in [0, 0.1) is 6.92 Å². The van der Waals surface area contributed by atoms with Gasteiger partial charge in [0, 0.05) is 19.4 Å². The number of benzene rings is 1. The summed E-state index contributed by atoms with van der Waals surface area (Å²) < 4.78 is 73.1. The third-order valence-electron chi connectivity index (χ3n) is 5.42. The molecule has 3 rings (SSSR count). The summed E-state index contributed by atoms with van der Waals surface area (Å²) in [6.45, 7) is 6.46. The zero-order valence-electron chi connectivity index (χ0n) is 24.1. The van der Waals surface area contributed by atoms with E-state index in [0.29, 0.717) is 17.2 Å². The van der Waals surface area contributed by atoms with Gasteiger partial charge < -0.3 is 18.9 Å².